The molecule has 0 aromatic heterocycles. The van der Waals surface area contributed by atoms with E-state index < -0.39 is 0 Å². The first-order chi connectivity index (χ1) is 16.2. The molecule has 0 fully saturated rings. The van der Waals surface area contributed by atoms with Gasteiger partial charge in [-0.15, -0.1) is 0 Å². The van der Waals surface area contributed by atoms with Gasteiger partial charge in [0.1, 0.15) is 0 Å². The van der Waals surface area contributed by atoms with Crippen LogP contribution in [0.2, 0.25) is 0 Å². The molecule has 0 N–H and O–H groups in total. The van der Waals surface area contributed by atoms with Crippen molar-refractivity contribution >= 4 is 5.97 Å². The lowest BCUT2D eigenvalue weighted by Gasteiger charge is -2.19. The van der Waals surface area contributed by atoms with Gasteiger partial charge < -0.3 is 4.74 Å². The van der Waals surface area contributed by atoms with E-state index in [1.165, 1.54) is 135 Å². The molecule has 2 unspecified atom stereocenters. The summed E-state index contributed by atoms with van der Waals surface area (Å²) in [5, 5.41) is 0. The van der Waals surface area contributed by atoms with Gasteiger partial charge in [0.15, 0.2) is 0 Å². The van der Waals surface area contributed by atoms with Gasteiger partial charge in [-0.25, -0.2) is 0 Å². The summed E-state index contributed by atoms with van der Waals surface area (Å²) in [6.45, 7) is 9.49. The maximum absolute atomic E-state index is 12.4. The highest BCUT2D eigenvalue weighted by Crippen LogP contribution is 2.21. The third kappa shape index (κ3) is 23.0. The lowest BCUT2D eigenvalue weighted by Crippen LogP contribution is -2.19. The molecule has 2 atom stereocenters. The molecule has 0 aliphatic carbocycles. The van der Waals surface area contributed by atoms with E-state index >= 15 is 0 Å². The third-order valence-corrected chi connectivity index (χ3v) is 7.29. The van der Waals surface area contributed by atoms with Gasteiger partial charge >= 0.3 is 5.97 Å². The molecule has 0 amide bonds. The Balaban J connectivity index is 4.09. The second-order valence-electron chi connectivity index (χ2n) is 10.8. The van der Waals surface area contributed by atoms with E-state index in [9.17, 15) is 4.79 Å². The van der Waals surface area contributed by atoms with Gasteiger partial charge in [0.05, 0.1) is 12.5 Å². The molecule has 2 heteroatoms. The standard InChI is InChI=1S/C31H62O2/c1-5-8-11-13-15-16-17-19-21-24-27-30(26-23-20-18-14-12-9-6-2)28-33-31(32)29(4)25-22-10-7-3/h29-30H,5-28H2,1-4H3. The zero-order chi connectivity index (χ0) is 24.4. The summed E-state index contributed by atoms with van der Waals surface area (Å²) in [7, 11) is 0. The molecule has 0 rings (SSSR count). The Morgan fingerprint density at radius 2 is 0.848 bits per heavy atom. The molecular weight excluding hydrogens is 404 g/mol. The average molecular weight is 467 g/mol. The number of esters is 1. The van der Waals surface area contributed by atoms with Gasteiger partial charge in [0.25, 0.3) is 0 Å². The van der Waals surface area contributed by atoms with Crippen LogP contribution in [-0.2, 0) is 9.53 Å². The monoisotopic (exact) mass is 466 g/mol. The van der Waals surface area contributed by atoms with Crippen LogP contribution < -0.4 is 0 Å². The van der Waals surface area contributed by atoms with Crippen LogP contribution in [0.1, 0.15) is 175 Å². The van der Waals surface area contributed by atoms with Crippen molar-refractivity contribution in [2.24, 2.45) is 11.8 Å². The van der Waals surface area contributed by atoms with Crippen LogP contribution in [0.5, 0.6) is 0 Å². The van der Waals surface area contributed by atoms with Gasteiger partial charge in [0.2, 0.25) is 0 Å². The molecule has 0 saturated carbocycles. The van der Waals surface area contributed by atoms with Gasteiger partial charge in [0, 0.05) is 0 Å². The Morgan fingerprint density at radius 3 is 1.27 bits per heavy atom. The topological polar surface area (TPSA) is 26.3 Å². The first-order valence-corrected chi connectivity index (χ1v) is 15.3. The maximum atomic E-state index is 12.4. The highest BCUT2D eigenvalue weighted by Gasteiger charge is 2.17. The van der Waals surface area contributed by atoms with Gasteiger partial charge in [-0.05, 0) is 25.2 Å². The fourth-order valence-corrected chi connectivity index (χ4v) is 4.78. The molecule has 33 heavy (non-hydrogen) atoms. The number of rotatable bonds is 26. The SMILES string of the molecule is CCCCCCCCCCCCC(CCCCCCCCC)COC(=O)C(C)CCCCC. The zero-order valence-corrected chi connectivity index (χ0v) is 23.4. The summed E-state index contributed by atoms with van der Waals surface area (Å²) in [5.41, 5.74) is 0. The van der Waals surface area contributed by atoms with Crippen molar-refractivity contribution in [2.45, 2.75) is 175 Å². The minimum absolute atomic E-state index is 0.0405. The number of unbranched alkanes of at least 4 members (excludes halogenated alkanes) is 17. The van der Waals surface area contributed by atoms with Crippen molar-refractivity contribution in [3.63, 3.8) is 0 Å². The smallest absolute Gasteiger partial charge is 0.308 e. The Labute approximate surface area is 209 Å². The van der Waals surface area contributed by atoms with E-state index in [0.29, 0.717) is 12.5 Å². The van der Waals surface area contributed by atoms with Crippen LogP contribution in [0.15, 0.2) is 0 Å². The number of hydrogen-bond donors (Lipinski definition) is 0. The molecule has 0 aliphatic rings. The van der Waals surface area contributed by atoms with E-state index in [1.54, 1.807) is 0 Å². The highest BCUT2D eigenvalue weighted by molar-refractivity contribution is 5.71. The number of ether oxygens (including phenoxy) is 1. The highest BCUT2D eigenvalue weighted by atomic mass is 16.5. The van der Waals surface area contributed by atoms with Crippen molar-refractivity contribution < 1.29 is 9.53 Å². The Morgan fingerprint density at radius 1 is 0.515 bits per heavy atom. The number of carbonyl (C=O) groups is 1. The molecule has 0 aliphatic heterocycles. The maximum Gasteiger partial charge on any atom is 0.308 e. The minimum atomic E-state index is 0.0405. The van der Waals surface area contributed by atoms with E-state index in [4.69, 9.17) is 4.74 Å². The third-order valence-electron chi connectivity index (χ3n) is 7.29. The molecule has 0 spiro atoms. The van der Waals surface area contributed by atoms with Crippen LogP contribution in [0.25, 0.3) is 0 Å². The van der Waals surface area contributed by atoms with E-state index in [2.05, 4.69) is 20.8 Å². The van der Waals surface area contributed by atoms with Crippen molar-refractivity contribution in [2.75, 3.05) is 6.61 Å². The molecule has 0 radical (unpaired) electrons. The first kappa shape index (κ1) is 32.5. The fraction of sp³-hybridized carbons (Fsp3) is 0.968. The molecule has 2 nitrogen and oxygen atoms in total. The lowest BCUT2D eigenvalue weighted by molar-refractivity contribution is -0.149. The molecule has 0 aromatic rings. The Kier molecular flexibility index (Phi) is 25.7. The summed E-state index contributed by atoms with van der Waals surface area (Å²) in [6.07, 6.45) is 30.4. The minimum Gasteiger partial charge on any atom is -0.465 e. The van der Waals surface area contributed by atoms with Crippen LogP contribution in [0.4, 0.5) is 0 Å². The Hall–Kier alpha value is -0.530. The predicted octanol–water partition coefficient (Wildman–Crippen LogP) is 10.8. The second kappa shape index (κ2) is 26.1. The second-order valence-corrected chi connectivity index (χ2v) is 10.8. The lowest BCUT2D eigenvalue weighted by atomic mass is 9.94. The average Bonchev–Trinajstić information content (AvgIpc) is 2.82. The van der Waals surface area contributed by atoms with Crippen LogP contribution in [-0.4, -0.2) is 12.6 Å². The number of hydrogen-bond acceptors (Lipinski definition) is 2. The van der Waals surface area contributed by atoms with Crippen molar-refractivity contribution in [1.82, 2.24) is 0 Å². The van der Waals surface area contributed by atoms with Gasteiger partial charge in [-0.3, -0.25) is 4.79 Å². The quantitative estimate of drug-likeness (QED) is 0.0935. The fourth-order valence-electron chi connectivity index (χ4n) is 4.78. The molecule has 0 aromatic carbocycles. The molecule has 198 valence electrons. The summed E-state index contributed by atoms with van der Waals surface area (Å²) in [4.78, 5) is 12.4. The van der Waals surface area contributed by atoms with E-state index in [-0.39, 0.29) is 11.9 Å². The molecule has 0 heterocycles. The summed E-state index contributed by atoms with van der Waals surface area (Å²) in [6, 6.07) is 0. The summed E-state index contributed by atoms with van der Waals surface area (Å²) >= 11 is 0. The van der Waals surface area contributed by atoms with Crippen LogP contribution in [0.3, 0.4) is 0 Å². The van der Waals surface area contributed by atoms with Crippen molar-refractivity contribution in [1.29, 1.82) is 0 Å². The molecular formula is C31H62O2. The van der Waals surface area contributed by atoms with Crippen molar-refractivity contribution in [3.8, 4) is 0 Å². The van der Waals surface area contributed by atoms with Crippen LogP contribution >= 0.6 is 0 Å². The molecule has 0 bridgehead atoms. The van der Waals surface area contributed by atoms with E-state index in [1.807, 2.05) is 6.92 Å². The first-order valence-electron chi connectivity index (χ1n) is 15.3. The van der Waals surface area contributed by atoms with E-state index in [0.717, 1.165) is 12.8 Å². The van der Waals surface area contributed by atoms with Gasteiger partial charge in [-0.1, -0.05) is 156 Å². The van der Waals surface area contributed by atoms with Crippen LogP contribution in [0, 0.1) is 11.8 Å². The summed E-state index contributed by atoms with van der Waals surface area (Å²) in [5.74, 6) is 0.674. The zero-order valence-electron chi connectivity index (χ0n) is 23.4. The van der Waals surface area contributed by atoms with Gasteiger partial charge in [-0.2, -0.15) is 0 Å². The largest absolute Gasteiger partial charge is 0.465 e. The Bertz CT molecular complexity index is 392. The normalized spacial score (nSPS) is 13.2. The number of carbonyl (C=O) groups excluding carboxylic acids is 1. The summed E-state index contributed by atoms with van der Waals surface area (Å²) < 4.78 is 5.81. The van der Waals surface area contributed by atoms with Crippen molar-refractivity contribution in [3.05, 3.63) is 0 Å². The molecule has 0 saturated heterocycles. The predicted molar refractivity (Wildman–Crippen MR) is 147 cm³/mol.